The third-order valence-electron chi connectivity index (χ3n) is 6.62. The van der Waals surface area contributed by atoms with Crippen molar-refractivity contribution in [2.75, 3.05) is 0 Å². The van der Waals surface area contributed by atoms with Crippen molar-refractivity contribution < 1.29 is 32.9 Å². The first-order chi connectivity index (χ1) is 16.7. The molecule has 1 saturated heterocycles. The number of aliphatic hydroxyl groups excluding tert-OH is 1. The van der Waals surface area contributed by atoms with Gasteiger partial charge in [0.05, 0.1) is 23.9 Å². The van der Waals surface area contributed by atoms with E-state index in [9.17, 15) is 28.2 Å². The maximum absolute atomic E-state index is 14.4. The van der Waals surface area contributed by atoms with E-state index in [0.717, 1.165) is 30.3 Å². The van der Waals surface area contributed by atoms with Crippen LogP contribution < -0.4 is 0 Å². The Morgan fingerprint density at radius 2 is 1.86 bits per heavy atom. The fourth-order valence-corrected chi connectivity index (χ4v) is 4.48. The fourth-order valence-electron chi connectivity index (χ4n) is 4.48. The summed E-state index contributed by atoms with van der Waals surface area (Å²) in [7, 11) is 0. The number of aliphatic hydroxyl groups is 2. The van der Waals surface area contributed by atoms with Crippen LogP contribution in [0.2, 0.25) is 0 Å². The van der Waals surface area contributed by atoms with Gasteiger partial charge < -0.3 is 14.9 Å². The number of ketones is 1. The largest absolute Gasteiger partial charge is 0.390 e. The third kappa shape index (κ3) is 4.71. The van der Waals surface area contributed by atoms with Crippen LogP contribution >= 0.6 is 0 Å². The summed E-state index contributed by atoms with van der Waals surface area (Å²) >= 11 is 0. The maximum atomic E-state index is 14.4. The number of Topliss-reactive ketones (excluding diaryl/α,β-unsaturated/α-hetero) is 1. The molecule has 4 atom stereocenters. The van der Waals surface area contributed by atoms with E-state index in [0.29, 0.717) is 17.5 Å². The number of aromatic nitrogens is 2. The van der Waals surface area contributed by atoms with Crippen LogP contribution in [0.1, 0.15) is 54.4 Å². The van der Waals surface area contributed by atoms with Crippen molar-refractivity contribution in [3.05, 3.63) is 83.1 Å². The first kappa shape index (κ1) is 25.0. The van der Waals surface area contributed by atoms with Gasteiger partial charge in [-0.3, -0.25) is 9.78 Å². The highest BCUT2D eigenvalue weighted by Gasteiger charge is 2.47. The Morgan fingerprint density at radius 3 is 2.51 bits per heavy atom. The van der Waals surface area contributed by atoms with E-state index in [1.807, 2.05) is 0 Å². The Morgan fingerprint density at radius 1 is 1.14 bits per heavy atom. The highest BCUT2D eigenvalue weighted by molar-refractivity contribution is 5.96. The molecule has 1 aromatic carbocycles. The molecule has 4 rings (SSSR count). The summed E-state index contributed by atoms with van der Waals surface area (Å²) in [4.78, 5) is 21.1. The number of ether oxygens (including phenoxy) is 1. The Hall–Kier alpha value is -3.14. The van der Waals surface area contributed by atoms with Crippen molar-refractivity contribution in [3.8, 4) is 11.3 Å². The minimum atomic E-state index is -1.38. The fraction of sp³-hybridized carbons (Fsp3) is 0.346. The molecule has 184 valence electrons. The lowest BCUT2D eigenvalue weighted by molar-refractivity contribution is -0.224. The first-order valence-corrected chi connectivity index (χ1v) is 11.3. The quantitative estimate of drug-likeness (QED) is 0.504. The van der Waals surface area contributed by atoms with Crippen molar-refractivity contribution in [2.24, 2.45) is 0 Å². The van der Waals surface area contributed by atoms with Crippen molar-refractivity contribution >= 4 is 5.78 Å². The van der Waals surface area contributed by atoms with Gasteiger partial charge in [0.25, 0.3) is 0 Å². The Labute approximate surface area is 200 Å². The molecule has 2 aromatic heterocycles. The summed E-state index contributed by atoms with van der Waals surface area (Å²) in [6.07, 6.45) is 0.959. The van der Waals surface area contributed by atoms with E-state index in [-0.39, 0.29) is 18.5 Å². The maximum Gasteiger partial charge on any atom is 0.185 e. The zero-order valence-corrected chi connectivity index (χ0v) is 19.2. The molecule has 0 spiro atoms. The summed E-state index contributed by atoms with van der Waals surface area (Å²) in [5.74, 6) is -3.48. The highest BCUT2D eigenvalue weighted by Crippen LogP contribution is 2.39. The number of hydrogen-bond acceptors (Lipinski definition) is 6. The number of rotatable bonds is 6. The van der Waals surface area contributed by atoms with Crippen LogP contribution in [0.15, 0.2) is 48.8 Å². The first-order valence-electron chi connectivity index (χ1n) is 11.3. The molecule has 6 nitrogen and oxygen atoms in total. The molecule has 0 amide bonds. The molecule has 9 heteroatoms. The summed E-state index contributed by atoms with van der Waals surface area (Å²) < 4.78 is 48.8. The van der Waals surface area contributed by atoms with E-state index in [4.69, 9.17) is 4.74 Å². The van der Waals surface area contributed by atoms with Crippen molar-refractivity contribution in [2.45, 2.75) is 57.0 Å². The molecule has 0 saturated carbocycles. The number of benzene rings is 1. The van der Waals surface area contributed by atoms with Crippen LogP contribution in [-0.4, -0.2) is 43.8 Å². The molecule has 1 fully saturated rings. The number of pyridine rings is 2. The van der Waals surface area contributed by atoms with E-state index >= 15 is 0 Å². The summed E-state index contributed by atoms with van der Waals surface area (Å²) in [5, 5.41) is 21.3. The lowest BCUT2D eigenvalue weighted by Crippen LogP contribution is -2.56. The van der Waals surface area contributed by atoms with Gasteiger partial charge in [0.2, 0.25) is 0 Å². The van der Waals surface area contributed by atoms with Gasteiger partial charge in [0, 0.05) is 25.2 Å². The van der Waals surface area contributed by atoms with Crippen molar-refractivity contribution in [3.63, 3.8) is 0 Å². The molecule has 0 unspecified atom stereocenters. The zero-order chi connectivity index (χ0) is 25.3. The van der Waals surface area contributed by atoms with Crippen LogP contribution in [0.4, 0.5) is 13.2 Å². The second-order valence-corrected chi connectivity index (χ2v) is 8.66. The van der Waals surface area contributed by atoms with E-state index < -0.39 is 58.4 Å². The molecule has 1 aliphatic heterocycles. The molecule has 0 bridgehead atoms. The Bertz CT molecular complexity index is 1220. The van der Waals surface area contributed by atoms with Gasteiger partial charge in [-0.15, -0.1) is 0 Å². The lowest BCUT2D eigenvalue weighted by Gasteiger charge is -2.45. The number of nitrogens with zero attached hydrogens (tertiary/aromatic N) is 2. The topological polar surface area (TPSA) is 92.5 Å². The molecule has 2 N–H and O–H groups in total. The van der Waals surface area contributed by atoms with Gasteiger partial charge in [-0.05, 0) is 54.8 Å². The Balaban J connectivity index is 1.62. The van der Waals surface area contributed by atoms with Crippen LogP contribution in [0.5, 0.6) is 0 Å². The predicted octanol–water partition coefficient (Wildman–Crippen LogP) is 4.34. The molecular formula is C26H25F3N2O4. The van der Waals surface area contributed by atoms with E-state index in [2.05, 4.69) is 9.97 Å². The lowest BCUT2D eigenvalue weighted by atomic mass is 9.81. The predicted molar refractivity (Wildman–Crippen MR) is 121 cm³/mol. The molecule has 35 heavy (non-hydrogen) atoms. The number of carbonyl (C=O) groups excluding carboxylic acids is 1. The second kappa shape index (κ2) is 9.85. The SMILES string of the molecule is CC[C@@]1(O)[C@H](C)O[C@H](c2ccncc2CC(=O)c2ccc(F)c(-c3c(F)cccc3F)n2)C[C@@H]1O. The standard InChI is InChI=1S/C26H25F3N2O4/c1-3-26(34)14(2)35-22(12-23(26)33)16-9-10-30-13-15(16)11-21(32)20-8-7-19(29)25(31-20)24-17(27)5-4-6-18(24)28/h4-10,13-14,22-23,33-34H,3,11-12H2,1-2H3/t14-,22-,23-,26+/m0/s1. The number of hydrogen-bond donors (Lipinski definition) is 2. The minimum absolute atomic E-state index is 0.116. The van der Waals surface area contributed by atoms with Gasteiger partial charge in [0.1, 0.15) is 34.4 Å². The summed E-state index contributed by atoms with van der Waals surface area (Å²) in [6.45, 7) is 3.44. The molecule has 0 radical (unpaired) electrons. The Kier molecular flexibility index (Phi) is 7.02. The average molecular weight is 486 g/mol. The number of carbonyl (C=O) groups is 1. The van der Waals surface area contributed by atoms with Crippen LogP contribution in [0.25, 0.3) is 11.3 Å². The molecule has 3 aromatic rings. The van der Waals surface area contributed by atoms with E-state index in [1.165, 1.54) is 12.4 Å². The molecule has 3 heterocycles. The zero-order valence-electron chi connectivity index (χ0n) is 19.2. The van der Waals surface area contributed by atoms with Gasteiger partial charge in [-0.2, -0.15) is 0 Å². The molecule has 1 aliphatic rings. The van der Waals surface area contributed by atoms with Crippen molar-refractivity contribution in [1.29, 1.82) is 0 Å². The second-order valence-electron chi connectivity index (χ2n) is 8.66. The van der Waals surface area contributed by atoms with Crippen LogP contribution in [-0.2, 0) is 11.2 Å². The van der Waals surface area contributed by atoms with Gasteiger partial charge in [-0.1, -0.05) is 13.0 Å². The van der Waals surface area contributed by atoms with Gasteiger partial charge >= 0.3 is 0 Å². The summed E-state index contributed by atoms with van der Waals surface area (Å²) in [5.41, 5.74) is -1.69. The van der Waals surface area contributed by atoms with Crippen LogP contribution in [0.3, 0.4) is 0 Å². The van der Waals surface area contributed by atoms with Gasteiger partial charge in [0.15, 0.2) is 5.78 Å². The highest BCUT2D eigenvalue weighted by atomic mass is 19.1. The minimum Gasteiger partial charge on any atom is -0.390 e. The van der Waals surface area contributed by atoms with Gasteiger partial charge in [-0.25, -0.2) is 18.2 Å². The van der Waals surface area contributed by atoms with E-state index in [1.54, 1.807) is 19.9 Å². The third-order valence-corrected chi connectivity index (χ3v) is 6.62. The molecule has 0 aliphatic carbocycles. The number of halogens is 3. The summed E-state index contributed by atoms with van der Waals surface area (Å²) in [6, 6.07) is 6.88. The van der Waals surface area contributed by atoms with Crippen LogP contribution in [0, 0.1) is 17.5 Å². The average Bonchev–Trinajstić information content (AvgIpc) is 2.83. The van der Waals surface area contributed by atoms with Crippen molar-refractivity contribution in [1.82, 2.24) is 9.97 Å². The smallest absolute Gasteiger partial charge is 0.185 e. The molecular weight excluding hydrogens is 461 g/mol. The monoisotopic (exact) mass is 486 g/mol. The normalized spacial score (nSPS) is 24.4.